The molecule has 182 valence electrons. The molecule has 0 heterocycles. The third-order valence-corrected chi connectivity index (χ3v) is 12.4. The van der Waals surface area contributed by atoms with Crippen LogP contribution in [0, 0.1) is 57.2 Å². The maximum Gasteiger partial charge on any atom is 0.0947 e. The minimum Gasteiger partial charge on any atom is -0.512 e. The molecule has 3 fully saturated rings. The average Bonchev–Trinajstić information content (AvgIpc) is 3.07. The summed E-state index contributed by atoms with van der Waals surface area (Å²) in [5.41, 5.74) is 2.45. The fraction of sp³-hybridized carbons (Fsp3) is 0.871. The molecule has 0 aromatic rings. The predicted molar refractivity (Wildman–Crippen MR) is 137 cm³/mol. The number of aliphatic hydroxyl groups is 1. The number of hydrogen-bond donors (Lipinski definition) is 1. The van der Waals surface area contributed by atoms with Crippen molar-refractivity contribution < 1.29 is 5.11 Å². The van der Waals surface area contributed by atoms with Gasteiger partial charge in [0.1, 0.15) is 0 Å². The molecule has 0 saturated heterocycles. The molecule has 32 heavy (non-hydrogen) atoms. The van der Waals surface area contributed by atoms with Crippen molar-refractivity contribution in [2.75, 3.05) is 0 Å². The Morgan fingerprint density at radius 3 is 2.28 bits per heavy atom. The minimum absolute atomic E-state index is 0.0402. The van der Waals surface area contributed by atoms with Crippen molar-refractivity contribution in [3.05, 3.63) is 24.0 Å². The van der Waals surface area contributed by atoms with Crippen LogP contribution in [-0.2, 0) is 0 Å². The van der Waals surface area contributed by atoms with Crippen LogP contribution in [0.5, 0.6) is 0 Å². The lowest BCUT2D eigenvalue weighted by Gasteiger charge is -2.68. The molecule has 0 radical (unpaired) electrons. The van der Waals surface area contributed by atoms with Gasteiger partial charge in [0.25, 0.3) is 0 Å². The summed E-state index contributed by atoms with van der Waals surface area (Å²) in [5.74, 6) is 5.09. The van der Waals surface area contributed by atoms with Gasteiger partial charge in [-0.25, -0.2) is 0 Å². The van der Waals surface area contributed by atoms with Crippen LogP contribution in [0.4, 0.5) is 0 Å². The van der Waals surface area contributed by atoms with Crippen LogP contribution in [0.3, 0.4) is 0 Å². The molecule has 0 spiro atoms. The molecule has 1 N–H and O–H groups in total. The van der Waals surface area contributed by atoms with Gasteiger partial charge in [0.05, 0.1) is 5.76 Å². The summed E-state index contributed by atoms with van der Waals surface area (Å²) in [6.45, 7) is 24.1. The Bertz CT molecular complexity index is 773. The molecule has 8 atom stereocenters. The molecule has 0 aromatic carbocycles. The molecule has 4 rings (SSSR count). The zero-order chi connectivity index (χ0) is 23.7. The van der Waals surface area contributed by atoms with E-state index in [1.54, 1.807) is 0 Å². The Balaban J connectivity index is 1.60. The first-order chi connectivity index (χ1) is 14.8. The second-order valence-electron chi connectivity index (χ2n) is 14.3. The van der Waals surface area contributed by atoms with Crippen LogP contribution >= 0.6 is 0 Å². The van der Waals surface area contributed by atoms with E-state index in [1.807, 2.05) is 0 Å². The molecule has 1 heteroatoms. The lowest BCUT2D eigenvalue weighted by atomic mass is 9.36. The number of aliphatic hydroxyl groups excluding tert-OH is 1. The Labute approximate surface area is 199 Å². The smallest absolute Gasteiger partial charge is 0.0947 e. The standard InChI is InChI=1S/C31H52O/c1-20(2)21(3)10-11-22(4)23-14-18-29(7)24(23)12-13-26-30(29,8)19-15-25-28(5,6)17-16-27(32)31(25,26)9/h16,20,22-26,32H,3,10-15,17-19H2,1-2,4-9H3/t22-,23-,24-,25+,26+,29-,30-,31+/m1/s1. The van der Waals surface area contributed by atoms with Crippen molar-refractivity contribution in [1.82, 2.24) is 0 Å². The third-order valence-electron chi connectivity index (χ3n) is 12.4. The minimum atomic E-state index is -0.0402. The van der Waals surface area contributed by atoms with Gasteiger partial charge in [-0.05, 0) is 116 Å². The fourth-order valence-corrected chi connectivity index (χ4v) is 9.92. The molecule has 4 aliphatic carbocycles. The second kappa shape index (κ2) is 7.91. The van der Waals surface area contributed by atoms with E-state index in [0.717, 1.165) is 29.9 Å². The Kier molecular flexibility index (Phi) is 6.03. The quantitative estimate of drug-likeness (QED) is 0.422. The highest BCUT2D eigenvalue weighted by Crippen LogP contribution is 2.75. The summed E-state index contributed by atoms with van der Waals surface area (Å²) in [5, 5.41) is 11.3. The van der Waals surface area contributed by atoms with Crippen molar-refractivity contribution in [3.8, 4) is 0 Å². The molecule has 0 amide bonds. The van der Waals surface area contributed by atoms with Gasteiger partial charge in [-0.2, -0.15) is 0 Å². The van der Waals surface area contributed by atoms with Crippen molar-refractivity contribution >= 4 is 0 Å². The van der Waals surface area contributed by atoms with Crippen LogP contribution in [-0.4, -0.2) is 5.11 Å². The Morgan fingerprint density at radius 2 is 1.62 bits per heavy atom. The van der Waals surface area contributed by atoms with Crippen LogP contribution in [0.2, 0.25) is 0 Å². The van der Waals surface area contributed by atoms with E-state index in [-0.39, 0.29) is 5.41 Å². The van der Waals surface area contributed by atoms with Crippen molar-refractivity contribution in [2.24, 2.45) is 57.2 Å². The van der Waals surface area contributed by atoms with Gasteiger partial charge < -0.3 is 5.11 Å². The van der Waals surface area contributed by atoms with E-state index in [0.29, 0.717) is 34.0 Å². The lowest BCUT2D eigenvalue weighted by Crippen LogP contribution is -2.62. The highest BCUT2D eigenvalue weighted by atomic mass is 16.3. The second-order valence-corrected chi connectivity index (χ2v) is 14.3. The molecule has 0 bridgehead atoms. The van der Waals surface area contributed by atoms with E-state index in [1.165, 1.54) is 56.9 Å². The van der Waals surface area contributed by atoms with Crippen molar-refractivity contribution in [3.63, 3.8) is 0 Å². The summed E-state index contributed by atoms with van der Waals surface area (Å²) in [4.78, 5) is 0. The van der Waals surface area contributed by atoms with Gasteiger partial charge in [-0.3, -0.25) is 0 Å². The number of allylic oxidation sites excluding steroid dienone is 3. The molecule has 0 aliphatic heterocycles. The zero-order valence-corrected chi connectivity index (χ0v) is 22.6. The highest BCUT2D eigenvalue weighted by Gasteiger charge is 2.68. The maximum atomic E-state index is 11.3. The van der Waals surface area contributed by atoms with Crippen LogP contribution in [0.1, 0.15) is 113 Å². The predicted octanol–water partition coefficient (Wildman–Crippen LogP) is 9.35. The first kappa shape index (κ1) is 24.4. The number of rotatable bonds is 5. The Hall–Kier alpha value is -0.720. The lowest BCUT2D eigenvalue weighted by molar-refractivity contribution is -0.190. The van der Waals surface area contributed by atoms with Gasteiger partial charge in [-0.1, -0.05) is 67.5 Å². The zero-order valence-electron chi connectivity index (χ0n) is 22.6. The third kappa shape index (κ3) is 3.30. The van der Waals surface area contributed by atoms with E-state index in [9.17, 15) is 5.11 Å². The van der Waals surface area contributed by atoms with Gasteiger partial charge in [-0.15, -0.1) is 0 Å². The van der Waals surface area contributed by atoms with Gasteiger partial charge in [0.15, 0.2) is 0 Å². The fourth-order valence-electron chi connectivity index (χ4n) is 9.92. The normalized spacial score (nSPS) is 46.1. The molecular formula is C31H52O. The van der Waals surface area contributed by atoms with Crippen LogP contribution < -0.4 is 0 Å². The first-order valence-electron chi connectivity index (χ1n) is 13.9. The number of hydrogen-bond acceptors (Lipinski definition) is 1. The summed E-state index contributed by atoms with van der Waals surface area (Å²) >= 11 is 0. The summed E-state index contributed by atoms with van der Waals surface area (Å²) in [6.07, 6.45) is 13.8. The molecule has 4 aliphatic rings. The topological polar surface area (TPSA) is 20.2 Å². The average molecular weight is 441 g/mol. The van der Waals surface area contributed by atoms with Crippen molar-refractivity contribution in [1.29, 1.82) is 0 Å². The van der Waals surface area contributed by atoms with E-state index >= 15 is 0 Å². The summed E-state index contributed by atoms with van der Waals surface area (Å²) in [6, 6.07) is 0. The molecular weight excluding hydrogens is 388 g/mol. The van der Waals surface area contributed by atoms with E-state index in [4.69, 9.17) is 0 Å². The SMILES string of the molecule is C=C(CC[C@@H](C)[C@H]1CC[C@]2(C)[C@@H]1CC[C@@H]1[C@@]3(C)C(O)=CCC(C)(C)[C@@H]3CC[C@]12C)C(C)C. The maximum absolute atomic E-state index is 11.3. The van der Waals surface area contributed by atoms with Crippen LogP contribution in [0.15, 0.2) is 24.0 Å². The van der Waals surface area contributed by atoms with Gasteiger partial charge in [0, 0.05) is 5.41 Å². The highest BCUT2D eigenvalue weighted by molar-refractivity contribution is 5.25. The molecule has 0 aromatic heterocycles. The van der Waals surface area contributed by atoms with E-state index in [2.05, 4.69) is 68.0 Å². The number of fused-ring (bicyclic) bond motifs is 5. The van der Waals surface area contributed by atoms with E-state index < -0.39 is 0 Å². The monoisotopic (exact) mass is 440 g/mol. The molecule has 3 saturated carbocycles. The molecule has 1 nitrogen and oxygen atoms in total. The molecule has 0 unspecified atom stereocenters. The summed E-state index contributed by atoms with van der Waals surface area (Å²) in [7, 11) is 0. The van der Waals surface area contributed by atoms with Gasteiger partial charge in [0.2, 0.25) is 0 Å². The van der Waals surface area contributed by atoms with Crippen LogP contribution in [0.25, 0.3) is 0 Å². The van der Waals surface area contributed by atoms with Gasteiger partial charge >= 0.3 is 0 Å². The Morgan fingerprint density at radius 1 is 0.969 bits per heavy atom. The first-order valence-corrected chi connectivity index (χ1v) is 13.9. The largest absolute Gasteiger partial charge is 0.512 e. The summed E-state index contributed by atoms with van der Waals surface area (Å²) < 4.78 is 0. The van der Waals surface area contributed by atoms with Crippen molar-refractivity contribution in [2.45, 2.75) is 113 Å².